The lowest BCUT2D eigenvalue weighted by Gasteiger charge is -2.17. The number of Topliss-reactive ketones (excluding diaryl/α,β-unsaturated/α-hetero) is 1. The van der Waals surface area contributed by atoms with Crippen molar-refractivity contribution in [1.82, 2.24) is 16.0 Å². The van der Waals surface area contributed by atoms with Crippen molar-refractivity contribution in [3.8, 4) is 0 Å². The predicted molar refractivity (Wildman–Crippen MR) is 294 cm³/mol. The van der Waals surface area contributed by atoms with Gasteiger partial charge in [0.05, 0.1) is 11.8 Å². The number of rotatable bonds is 42. The maximum Gasteiger partial charge on any atom is 0.326 e. The van der Waals surface area contributed by atoms with E-state index in [9.17, 15) is 58.5 Å². The predicted octanol–water partition coefficient (Wildman–Crippen LogP) is 10.3. The second kappa shape index (κ2) is 54.3. The highest BCUT2D eigenvalue weighted by Crippen LogP contribution is 2.18. The first-order valence-electron chi connectivity index (χ1n) is 24.0. The molecule has 3 amide bonds. The van der Waals surface area contributed by atoms with Gasteiger partial charge < -0.3 is 41.5 Å². The second-order valence-electron chi connectivity index (χ2n) is 16.2. The number of carboxylic acids is 5. The quantitative estimate of drug-likeness (QED) is 0.0208. The van der Waals surface area contributed by atoms with Crippen LogP contribution in [0.1, 0.15) is 174 Å². The highest BCUT2D eigenvalue weighted by Gasteiger charge is 2.26. The number of unbranched alkanes of at least 4 members (excludes halogenated alkanes) is 14. The lowest BCUT2D eigenvalue weighted by molar-refractivity contribution is -0.145. The van der Waals surface area contributed by atoms with E-state index in [-0.39, 0.29) is 63.7 Å². The van der Waals surface area contributed by atoms with Crippen molar-refractivity contribution in [2.45, 2.75) is 186 Å². The molecule has 0 unspecified atom stereocenters. The Kier molecular flexibility index (Phi) is 57.5. The molecule has 0 aliphatic heterocycles. The Morgan fingerprint density at radius 2 is 0.743 bits per heavy atom. The first-order valence-corrected chi connectivity index (χ1v) is 32.9. The van der Waals surface area contributed by atoms with Gasteiger partial charge in [0.2, 0.25) is 17.7 Å². The summed E-state index contributed by atoms with van der Waals surface area (Å²) < 4.78 is 0. The van der Waals surface area contributed by atoms with Crippen molar-refractivity contribution in [3.63, 3.8) is 0 Å². The molecule has 0 aromatic heterocycles. The third-order valence-corrected chi connectivity index (χ3v) is 14.5. The third kappa shape index (κ3) is 54.9. The van der Waals surface area contributed by atoms with Crippen molar-refractivity contribution < 1.29 is 68.7 Å². The number of ketones is 1. The smallest absolute Gasteiger partial charge is 0.326 e. The van der Waals surface area contributed by atoms with Gasteiger partial charge in [-0.1, -0.05) is 155 Å². The van der Waals surface area contributed by atoms with Crippen LogP contribution in [0.5, 0.6) is 0 Å². The Bertz CT molecular complexity index is 1400. The summed E-state index contributed by atoms with van der Waals surface area (Å²) in [5.41, 5.74) is 0. The van der Waals surface area contributed by atoms with Gasteiger partial charge in [-0.3, -0.25) is 33.6 Å². The normalized spacial score (nSPS) is 12.1. The minimum atomic E-state index is -1.52. The lowest BCUT2D eigenvalue weighted by Crippen LogP contribution is -2.44. The fraction of sp³-hybridized carbons (Fsp3) is 0.809. The van der Waals surface area contributed by atoms with E-state index in [1.165, 1.54) is 25.7 Å². The molecule has 17 nitrogen and oxygen atoms in total. The molecular weight excluding hydrogens is 1020 g/mol. The van der Waals surface area contributed by atoms with E-state index in [4.69, 9.17) is 10.2 Å². The molecule has 410 valence electrons. The van der Waals surface area contributed by atoms with Gasteiger partial charge in [0.15, 0.2) is 0 Å². The number of carbonyl (C=O) groups excluding carboxylic acids is 4. The topological polar surface area (TPSA) is 291 Å². The number of aliphatic carboxylic acids is 5. The molecule has 0 saturated carbocycles. The average molecular weight is 1110 g/mol. The molecule has 0 spiro atoms. The van der Waals surface area contributed by atoms with E-state index in [0.717, 1.165) is 57.8 Å². The SMILES string of the molecule is CSSC.CSSC.CSSC.C[C@@H](CCCCNC(=O)CC[C@H](NC(=O)CC[C@H](NC(=O)CC[C@H](CC(=O)CCCCCCCCCCCCCCCCC(=O)O)C(=O)O)C(=O)O)C(=O)O)C(=O)O. The fourth-order valence-electron chi connectivity index (χ4n) is 6.33. The number of hydrogen-bond donors (Lipinski definition) is 8. The van der Waals surface area contributed by atoms with Gasteiger partial charge >= 0.3 is 29.8 Å². The van der Waals surface area contributed by atoms with Crippen molar-refractivity contribution in [2.75, 3.05) is 44.1 Å². The highest BCUT2D eigenvalue weighted by atomic mass is 33.1. The summed E-state index contributed by atoms with van der Waals surface area (Å²) in [6, 6.07) is -2.95. The molecule has 23 heteroatoms. The van der Waals surface area contributed by atoms with Gasteiger partial charge in [-0.25, -0.2) is 9.59 Å². The van der Waals surface area contributed by atoms with Gasteiger partial charge in [-0.15, -0.1) is 0 Å². The monoisotopic (exact) mass is 1110 g/mol. The number of hydrogen-bond acceptors (Lipinski definition) is 15. The molecule has 0 heterocycles. The second-order valence-corrected chi connectivity index (χ2v) is 24.2. The molecule has 4 atom stereocenters. The van der Waals surface area contributed by atoms with E-state index in [1.807, 2.05) is 0 Å². The molecule has 0 fully saturated rings. The van der Waals surface area contributed by atoms with E-state index in [2.05, 4.69) is 53.5 Å². The van der Waals surface area contributed by atoms with Crippen LogP contribution >= 0.6 is 64.8 Å². The Balaban J connectivity index is -0.00000161. The Morgan fingerprint density at radius 1 is 0.386 bits per heavy atom. The summed E-state index contributed by atoms with van der Waals surface area (Å²) in [6.45, 7) is 1.86. The number of carboxylic acid groups (broad SMARTS) is 5. The summed E-state index contributed by atoms with van der Waals surface area (Å²) in [6.07, 6.45) is 26.9. The zero-order valence-electron chi connectivity index (χ0n) is 42.8. The van der Waals surface area contributed by atoms with E-state index >= 15 is 0 Å². The zero-order chi connectivity index (χ0) is 54.0. The number of carbonyl (C=O) groups is 9. The first-order chi connectivity index (χ1) is 33.3. The third-order valence-electron chi connectivity index (χ3n) is 10.5. The Morgan fingerprint density at radius 3 is 1.09 bits per heavy atom. The molecule has 0 radical (unpaired) electrons. The van der Waals surface area contributed by atoms with Crippen LogP contribution in [0.15, 0.2) is 0 Å². The van der Waals surface area contributed by atoms with Gasteiger partial charge in [-0.2, -0.15) is 0 Å². The largest absolute Gasteiger partial charge is 0.481 e. The number of nitrogens with one attached hydrogen (secondary N) is 3. The fourth-order valence-corrected chi connectivity index (χ4v) is 6.33. The van der Waals surface area contributed by atoms with Crippen molar-refractivity contribution in [2.24, 2.45) is 11.8 Å². The van der Waals surface area contributed by atoms with Crippen molar-refractivity contribution in [1.29, 1.82) is 0 Å². The van der Waals surface area contributed by atoms with Crippen LogP contribution in [0, 0.1) is 11.8 Å². The Labute approximate surface area is 442 Å². The minimum absolute atomic E-state index is 0.190. The summed E-state index contributed by atoms with van der Waals surface area (Å²) in [7, 11) is 10.6. The molecule has 0 bridgehead atoms. The molecule has 8 N–H and O–H groups in total. The average Bonchev–Trinajstić information content (AvgIpc) is 3.32. The molecule has 0 aliphatic carbocycles. The summed E-state index contributed by atoms with van der Waals surface area (Å²) in [4.78, 5) is 106. The van der Waals surface area contributed by atoms with Crippen LogP contribution in [0.2, 0.25) is 0 Å². The van der Waals surface area contributed by atoms with E-state index in [1.54, 1.807) is 71.7 Å². The van der Waals surface area contributed by atoms with Crippen molar-refractivity contribution >= 4 is 118 Å². The van der Waals surface area contributed by atoms with Gasteiger partial charge in [0.25, 0.3) is 0 Å². The van der Waals surface area contributed by atoms with Crippen LogP contribution in [-0.4, -0.2) is 135 Å². The standard InChI is InChI=1S/C41H69N3O14.3C2H6S2/c1-29(38(51)52)18-16-17-27-42-34(46)25-22-32(40(55)56)44-36(48)26-23-33(41(57)58)43-35(47)24-21-30(39(53)54)28-31(45)19-14-12-10-8-6-4-2-3-5-7-9-11-13-15-20-37(49)50;3*1-3-4-2/h29-30,32-33H,2-28H2,1H3,(H,42,46)(H,43,47)(H,44,48)(H,49,50)(H,51,52)(H,53,54)(H,55,56)(H,57,58);3*1-2H3/t29-,30+,32-,33-;;;/m0.../s1. The Hall–Kier alpha value is -2.47. The summed E-state index contributed by atoms with van der Waals surface area (Å²) in [5, 5.41) is 53.3. The van der Waals surface area contributed by atoms with E-state index < -0.39 is 77.9 Å². The van der Waals surface area contributed by atoms with Gasteiger partial charge in [0, 0.05) is 45.1 Å². The molecule has 0 saturated heterocycles. The van der Waals surface area contributed by atoms with E-state index in [0.29, 0.717) is 25.7 Å². The molecule has 0 aromatic carbocycles. The van der Waals surface area contributed by atoms with Gasteiger partial charge in [-0.05, 0) is 82.5 Å². The minimum Gasteiger partial charge on any atom is -0.481 e. The van der Waals surface area contributed by atoms with Crippen LogP contribution < -0.4 is 16.0 Å². The molecular formula is C47H87N3O14S6. The lowest BCUT2D eigenvalue weighted by atomic mass is 9.94. The zero-order valence-corrected chi connectivity index (χ0v) is 47.7. The maximum atomic E-state index is 12.5. The van der Waals surface area contributed by atoms with Gasteiger partial charge in [0.1, 0.15) is 17.9 Å². The molecule has 0 aromatic rings. The first kappa shape index (κ1) is 74.1. The maximum absolute atomic E-state index is 12.5. The van der Waals surface area contributed by atoms with Crippen LogP contribution in [-0.2, 0) is 43.2 Å². The van der Waals surface area contributed by atoms with Crippen LogP contribution in [0.25, 0.3) is 0 Å². The summed E-state index contributed by atoms with van der Waals surface area (Å²) >= 11 is 0. The van der Waals surface area contributed by atoms with Crippen LogP contribution in [0.3, 0.4) is 0 Å². The molecule has 70 heavy (non-hydrogen) atoms. The van der Waals surface area contributed by atoms with Crippen LogP contribution in [0.4, 0.5) is 0 Å². The molecule has 0 aliphatic rings. The molecule has 0 rings (SSSR count). The highest BCUT2D eigenvalue weighted by molar-refractivity contribution is 8.76. The van der Waals surface area contributed by atoms with Crippen molar-refractivity contribution in [3.05, 3.63) is 0 Å². The summed E-state index contributed by atoms with van der Waals surface area (Å²) in [5.74, 6) is -9.61. The number of amides is 3.